The Kier molecular flexibility index (Phi) is 12.1. The third-order valence-corrected chi connectivity index (χ3v) is 11.8. The van der Waals surface area contributed by atoms with E-state index in [1.54, 1.807) is 19.1 Å². The predicted molar refractivity (Wildman–Crippen MR) is 189 cm³/mol. The summed E-state index contributed by atoms with van der Waals surface area (Å²) in [6.07, 6.45) is 7.85. The number of ether oxygens (including phenoxy) is 2. The van der Waals surface area contributed by atoms with E-state index in [1.807, 2.05) is 49.1 Å². The predicted octanol–water partition coefficient (Wildman–Crippen LogP) is 4.85. The van der Waals surface area contributed by atoms with Gasteiger partial charge in [-0.25, -0.2) is 0 Å². The van der Waals surface area contributed by atoms with Crippen molar-refractivity contribution in [2.45, 2.75) is 119 Å². The molecule has 9 atom stereocenters. The Labute approximate surface area is 298 Å². The van der Waals surface area contributed by atoms with Gasteiger partial charge in [0.1, 0.15) is 17.7 Å². The van der Waals surface area contributed by atoms with E-state index >= 15 is 0 Å². The average molecular weight is 743 g/mol. The summed E-state index contributed by atoms with van der Waals surface area (Å²) < 4.78 is 13.1. The smallest absolute Gasteiger partial charge is 0.313 e. The molecule has 3 aliphatic heterocycles. The highest BCUT2D eigenvalue weighted by atomic mass is 79.9. The first-order valence-electron chi connectivity index (χ1n) is 17.8. The number of esters is 1. The van der Waals surface area contributed by atoms with Crippen molar-refractivity contribution >= 4 is 39.6 Å². The van der Waals surface area contributed by atoms with Gasteiger partial charge < -0.3 is 29.7 Å². The molecule has 5 rings (SSSR count). The Bertz CT molecular complexity index is 1380. The molecule has 49 heavy (non-hydrogen) atoms. The van der Waals surface area contributed by atoms with Crippen LogP contribution in [0.5, 0.6) is 0 Å². The molecule has 10 nitrogen and oxygen atoms in total. The Balaban J connectivity index is 1.51. The number of rotatable bonds is 15. The van der Waals surface area contributed by atoms with Crippen molar-refractivity contribution in [3.05, 3.63) is 61.2 Å². The zero-order chi connectivity index (χ0) is 35.5. The van der Waals surface area contributed by atoms with Crippen LogP contribution in [0.4, 0.5) is 0 Å². The maximum absolute atomic E-state index is 14.9. The molecule has 2 N–H and O–H groups in total. The van der Waals surface area contributed by atoms with Crippen LogP contribution < -0.4 is 5.32 Å². The minimum absolute atomic E-state index is 0.00668. The number of benzene rings is 1. The first kappa shape index (κ1) is 37.2. The lowest BCUT2D eigenvalue weighted by Gasteiger charge is -2.43. The topological polar surface area (TPSA) is 125 Å². The number of fused-ring (bicyclic) bond motifs is 1. The van der Waals surface area contributed by atoms with Gasteiger partial charge in [0.15, 0.2) is 0 Å². The molecule has 1 saturated carbocycles. The number of halogens is 1. The maximum Gasteiger partial charge on any atom is 0.313 e. The van der Waals surface area contributed by atoms with Crippen LogP contribution in [-0.4, -0.2) is 92.4 Å². The van der Waals surface area contributed by atoms with Crippen LogP contribution in [0.2, 0.25) is 0 Å². The largest absolute Gasteiger partial charge is 0.455 e. The van der Waals surface area contributed by atoms with Crippen molar-refractivity contribution in [1.82, 2.24) is 15.1 Å². The van der Waals surface area contributed by atoms with E-state index in [9.17, 15) is 24.3 Å². The molecular weight excluding hydrogens is 690 g/mol. The normalized spacial score (nSPS) is 29.6. The highest BCUT2D eigenvalue weighted by Gasteiger charge is 2.78. The third kappa shape index (κ3) is 7.13. The van der Waals surface area contributed by atoms with Gasteiger partial charge in [0.25, 0.3) is 0 Å². The van der Waals surface area contributed by atoms with Gasteiger partial charge in [-0.1, -0.05) is 91.5 Å². The van der Waals surface area contributed by atoms with Crippen LogP contribution in [0.3, 0.4) is 0 Å². The highest BCUT2D eigenvalue weighted by molar-refractivity contribution is 9.09. The van der Waals surface area contributed by atoms with E-state index < -0.39 is 53.7 Å². The molecule has 1 aromatic rings. The van der Waals surface area contributed by atoms with Crippen molar-refractivity contribution in [1.29, 1.82) is 0 Å². The zero-order valence-electron chi connectivity index (χ0n) is 29.0. The molecule has 3 saturated heterocycles. The summed E-state index contributed by atoms with van der Waals surface area (Å²) in [5.41, 5.74) is -0.596. The number of nitrogens with one attached hydrogen (secondary N) is 1. The van der Waals surface area contributed by atoms with Gasteiger partial charge in [0.05, 0.1) is 36.6 Å². The lowest BCUT2D eigenvalue weighted by Crippen LogP contribution is -2.61. The first-order chi connectivity index (χ1) is 23.5. The van der Waals surface area contributed by atoms with Crippen molar-refractivity contribution < 1.29 is 33.8 Å². The second kappa shape index (κ2) is 15.9. The number of hydrogen-bond acceptors (Lipinski definition) is 7. The SMILES string of the molecule is C=CCCC(=O)N[C@H](C)[C@@H](OC(=O)[C@@H]1[C@H]2O[C@@]3(CC2Br)[C@H](C(=O)N(CC=C)C2CCCCC2)N([C@@H](CO)C(C)C)C(=O)[C@@H]13)c1ccccc1. The molecule has 268 valence electrons. The molecule has 1 spiro atoms. The number of nitrogens with zero attached hydrogens (tertiary/aromatic N) is 2. The van der Waals surface area contributed by atoms with E-state index in [4.69, 9.17) is 9.47 Å². The van der Waals surface area contributed by atoms with Gasteiger partial charge in [0.2, 0.25) is 17.7 Å². The second-order valence-corrected chi connectivity index (χ2v) is 15.6. The summed E-state index contributed by atoms with van der Waals surface area (Å²) in [6.45, 7) is 13.2. The zero-order valence-corrected chi connectivity index (χ0v) is 30.6. The van der Waals surface area contributed by atoms with Crippen LogP contribution >= 0.6 is 15.9 Å². The fourth-order valence-corrected chi connectivity index (χ4v) is 9.58. The Hall–Kier alpha value is -3.02. The van der Waals surface area contributed by atoms with Crippen molar-refractivity contribution in [3.63, 3.8) is 0 Å². The minimum Gasteiger partial charge on any atom is -0.455 e. The van der Waals surface area contributed by atoms with Gasteiger partial charge in [-0.15, -0.1) is 13.2 Å². The molecule has 2 bridgehead atoms. The van der Waals surface area contributed by atoms with Crippen LogP contribution in [0.15, 0.2) is 55.6 Å². The number of carbonyl (C=O) groups excluding carboxylic acids is 4. The Morgan fingerprint density at radius 3 is 2.45 bits per heavy atom. The van der Waals surface area contributed by atoms with Crippen LogP contribution in [-0.2, 0) is 28.7 Å². The van der Waals surface area contributed by atoms with E-state index in [2.05, 4.69) is 34.4 Å². The minimum atomic E-state index is -1.29. The average Bonchev–Trinajstić information content (AvgIpc) is 3.69. The molecule has 1 aromatic carbocycles. The quantitative estimate of drug-likeness (QED) is 0.150. The summed E-state index contributed by atoms with van der Waals surface area (Å²) in [6, 6.07) is 6.95. The van der Waals surface area contributed by atoms with Gasteiger partial charge in [-0.05, 0) is 44.1 Å². The van der Waals surface area contributed by atoms with Crippen LogP contribution in [0.1, 0.15) is 83.8 Å². The molecule has 3 amide bonds. The van der Waals surface area contributed by atoms with E-state index in [0.29, 0.717) is 24.9 Å². The molecular formula is C38H52BrN3O7. The Morgan fingerprint density at radius 2 is 1.84 bits per heavy atom. The monoisotopic (exact) mass is 741 g/mol. The molecule has 4 fully saturated rings. The highest BCUT2D eigenvalue weighted by Crippen LogP contribution is 2.61. The molecule has 0 aromatic heterocycles. The van der Waals surface area contributed by atoms with E-state index in [0.717, 1.165) is 32.1 Å². The molecule has 4 aliphatic rings. The number of aliphatic hydroxyl groups is 1. The molecule has 1 aliphatic carbocycles. The fraction of sp³-hybridized carbons (Fsp3) is 0.632. The number of alkyl halides is 1. The Morgan fingerprint density at radius 1 is 1.14 bits per heavy atom. The van der Waals surface area contributed by atoms with Crippen molar-refractivity contribution in [2.24, 2.45) is 17.8 Å². The maximum atomic E-state index is 14.9. The number of aliphatic hydroxyl groups excluding tert-OH is 1. The molecule has 3 heterocycles. The summed E-state index contributed by atoms with van der Waals surface area (Å²) in [7, 11) is 0. The number of hydrogen-bond donors (Lipinski definition) is 2. The second-order valence-electron chi connectivity index (χ2n) is 14.4. The van der Waals surface area contributed by atoms with E-state index in [-0.39, 0.29) is 47.5 Å². The molecule has 1 unspecified atom stereocenters. The summed E-state index contributed by atoms with van der Waals surface area (Å²) in [5, 5.41) is 13.6. The molecule has 11 heteroatoms. The van der Waals surface area contributed by atoms with Crippen LogP contribution in [0, 0.1) is 17.8 Å². The fourth-order valence-electron chi connectivity index (χ4n) is 8.64. The number of likely N-dealkylation sites (tertiary alicyclic amines) is 1. The number of carbonyl (C=O) groups is 4. The van der Waals surface area contributed by atoms with Gasteiger partial charge in [-0.3, -0.25) is 19.2 Å². The standard InChI is InChI=1S/C38H52BrN3O7/c1-6-8-19-29(44)40-24(5)32(25-15-11-9-12-16-25)48-37(47)30-31-35(45)42(28(22-43)23(3)4)34(38(31)21-27(39)33(30)49-38)36(46)41(20-7-2)26-17-13-10-14-18-26/h6-7,9,11-12,15-16,23-24,26-28,30-34,43H,1-2,8,10,13-14,17-22H2,3-5H3,(H,40,44)/t24-,27?,28+,30+,31-,32-,33+,34+,38-/m1/s1. The first-order valence-corrected chi connectivity index (χ1v) is 18.7. The van der Waals surface area contributed by atoms with Gasteiger partial charge in [0, 0.05) is 23.8 Å². The summed E-state index contributed by atoms with van der Waals surface area (Å²) in [4.78, 5) is 59.9. The number of amides is 3. The van der Waals surface area contributed by atoms with Crippen LogP contribution in [0.25, 0.3) is 0 Å². The summed E-state index contributed by atoms with van der Waals surface area (Å²) >= 11 is 3.76. The third-order valence-electron chi connectivity index (χ3n) is 11.0. The molecule has 0 radical (unpaired) electrons. The lowest BCUT2D eigenvalue weighted by molar-refractivity contribution is -0.163. The van der Waals surface area contributed by atoms with E-state index in [1.165, 1.54) is 4.90 Å². The van der Waals surface area contributed by atoms with Crippen molar-refractivity contribution in [2.75, 3.05) is 13.2 Å². The number of allylic oxidation sites excluding steroid dienone is 1. The van der Waals surface area contributed by atoms with Gasteiger partial charge >= 0.3 is 5.97 Å². The lowest BCUT2D eigenvalue weighted by atomic mass is 9.70. The van der Waals surface area contributed by atoms with Crippen molar-refractivity contribution in [3.8, 4) is 0 Å². The summed E-state index contributed by atoms with van der Waals surface area (Å²) in [5.74, 6) is -3.57. The van der Waals surface area contributed by atoms with Gasteiger partial charge in [-0.2, -0.15) is 0 Å².